The molecule has 0 spiro atoms. The number of hydrogen-bond acceptors (Lipinski definition) is 3. The van der Waals surface area contributed by atoms with Gasteiger partial charge in [-0.1, -0.05) is 121 Å². The van der Waals surface area contributed by atoms with Gasteiger partial charge >= 0.3 is 0 Å². The van der Waals surface area contributed by atoms with E-state index in [1.807, 2.05) is 47.6 Å². The van der Waals surface area contributed by atoms with Gasteiger partial charge in [-0.25, -0.2) is 5.01 Å². The molecule has 0 fully saturated rings. The third-order valence-electron chi connectivity index (χ3n) is 7.53. The topological polar surface area (TPSA) is 18.8 Å². The van der Waals surface area contributed by atoms with Crippen molar-refractivity contribution in [1.82, 2.24) is 0 Å². The molecule has 0 saturated heterocycles. The first-order valence-corrected chi connectivity index (χ1v) is 15.0. The zero-order chi connectivity index (χ0) is 30.0. The second-order valence-electron chi connectivity index (χ2n) is 10.4. The Morgan fingerprint density at radius 3 is 1.32 bits per heavy atom. The van der Waals surface area contributed by atoms with Crippen LogP contribution < -0.4 is 9.91 Å². The summed E-state index contributed by atoms with van der Waals surface area (Å²) in [4.78, 5) is 2.32. The molecular weight excluding hydrogens is 534 g/mol. The highest BCUT2D eigenvalue weighted by Gasteiger charge is 2.10. The number of hydrazone groups is 1. The molecule has 0 atom stereocenters. The fourth-order valence-corrected chi connectivity index (χ4v) is 5.29. The lowest BCUT2D eigenvalue weighted by molar-refractivity contribution is 1.02. The van der Waals surface area contributed by atoms with Crippen molar-refractivity contribution in [3.05, 3.63) is 192 Å². The summed E-state index contributed by atoms with van der Waals surface area (Å²) in [5.74, 6) is 0. The Bertz CT molecular complexity index is 1710. The van der Waals surface area contributed by atoms with E-state index in [-0.39, 0.29) is 0 Å². The average Bonchev–Trinajstić information content (AvgIpc) is 3.10. The van der Waals surface area contributed by atoms with E-state index in [0.717, 1.165) is 34.9 Å². The summed E-state index contributed by atoms with van der Waals surface area (Å²) >= 11 is 0. The maximum Gasteiger partial charge on any atom is 0.0652 e. The van der Waals surface area contributed by atoms with Crippen molar-refractivity contribution in [3.8, 4) is 0 Å². The molecule has 6 aromatic rings. The normalized spacial score (nSPS) is 10.8. The summed E-state index contributed by atoms with van der Waals surface area (Å²) in [7, 11) is 0. The Labute approximate surface area is 260 Å². The molecule has 0 radical (unpaired) electrons. The molecule has 0 amide bonds. The zero-order valence-corrected chi connectivity index (χ0v) is 24.9. The maximum atomic E-state index is 4.85. The summed E-state index contributed by atoms with van der Waals surface area (Å²) in [5, 5.41) is 6.82. The van der Waals surface area contributed by atoms with Gasteiger partial charge in [-0.2, -0.15) is 5.10 Å². The predicted octanol–water partition coefficient (Wildman–Crippen LogP) is 10.6. The maximum absolute atomic E-state index is 4.85. The molecule has 0 unspecified atom stereocenters. The van der Waals surface area contributed by atoms with E-state index in [0.29, 0.717) is 0 Å². The highest BCUT2D eigenvalue weighted by molar-refractivity contribution is 5.91. The minimum absolute atomic E-state index is 0.859. The molecule has 44 heavy (non-hydrogen) atoms. The Morgan fingerprint density at radius 1 is 0.477 bits per heavy atom. The molecule has 0 aromatic heterocycles. The van der Waals surface area contributed by atoms with Crippen LogP contribution >= 0.6 is 0 Å². The first-order valence-electron chi connectivity index (χ1n) is 15.0. The SMILES string of the molecule is CCN(c1ccc(C=NN(c2ccccc2)c2ccccc2)cc1)c1ccc(C=C(c2ccccc2)c2ccccc2)cc1. The van der Waals surface area contributed by atoms with Gasteiger partial charge in [-0.15, -0.1) is 0 Å². The van der Waals surface area contributed by atoms with Gasteiger partial charge < -0.3 is 4.90 Å². The molecular formula is C41H35N3. The molecule has 0 aliphatic heterocycles. The van der Waals surface area contributed by atoms with Crippen LogP contribution in [0.1, 0.15) is 29.2 Å². The second kappa shape index (κ2) is 14.0. The number of benzene rings is 6. The lowest BCUT2D eigenvalue weighted by Crippen LogP contribution is -2.15. The van der Waals surface area contributed by atoms with Crippen LogP contribution in [0.2, 0.25) is 0 Å². The number of para-hydroxylation sites is 2. The number of nitrogens with zero attached hydrogens (tertiary/aromatic N) is 3. The molecule has 0 bridgehead atoms. The van der Waals surface area contributed by atoms with Crippen LogP contribution in [-0.2, 0) is 0 Å². The first-order chi connectivity index (χ1) is 21.8. The van der Waals surface area contributed by atoms with Crippen molar-refractivity contribution in [3.63, 3.8) is 0 Å². The van der Waals surface area contributed by atoms with Gasteiger partial charge in [0.05, 0.1) is 17.6 Å². The largest absolute Gasteiger partial charge is 0.342 e. The van der Waals surface area contributed by atoms with Crippen molar-refractivity contribution in [2.45, 2.75) is 6.92 Å². The van der Waals surface area contributed by atoms with E-state index in [1.165, 1.54) is 22.3 Å². The smallest absolute Gasteiger partial charge is 0.0652 e. The van der Waals surface area contributed by atoms with E-state index < -0.39 is 0 Å². The van der Waals surface area contributed by atoms with Crippen LogP contribution in [0.4, 0.5) is 22.7 Å². The lowest BCUT2D eigenvalue weighted by atomic mass is 9.96. The molecule has 3 nitrogen and oxygen atoms in total. The van der Waals surface area contributed by atoms with Crippen LogP contribution in [0, 0.1) is 0 Å². The first kappa shape index (κ1) is 28.4. The molecule has 0 aliphatic rings. The summed E-state index contributed by atoms with van der Waals surface area (Å²) < 4.78 is 0. The lowest BCUT2D eigenvalue weighted by Gasteiger charge is -2.23. The summed E-state index contributed by atoms with van der Waals surface area (Å²) in [6.45, 7) is 3.04. The van der Waals surface area contributed by atoms with Gasteiger partial charge in [0, 0.05) is 17.9 Å². The van der Waals surface area contributed by atoms with Crippen LogP contribution in [0.25, 0.3) is 11.6 Å². The minimum atomic E-state index is 0.859. The van der Waals surface area contributed by atoms with Crippen molar-refractivity contribution in [2.24, 2.45) is 5.10 Å². The van der Waals surface area contributed by atoms with E-state index in [9.17, 15) is 0 Å². The highest BCUT2D eigenvalue weighted by Crippen LogP contribution is 2.30. The van der Waals surface area contributed by atoms with Crippen molar-refractivity contribution < 1.29 is 0 Å². The van der Waals surface area contributed by atoms with Gasteiger partial charge in [-0.05, 0) is 89.4 Å². The quantitative estimate of drug-likeness (QED) is 0.0928. The molecule has 3 heteroatoms. The van der Waals surface area contributed by atoms with E-state index in [2.05, 4.69) is 151 Å². The van der Waals surface area contributed by atoms with Crippen LogP contribution in [0.15, 0.2) is 175 Å². The monoisotopic (exact) mass is 569 g/mol. The molecule has 214 valence electrons. The fourth-order valence-electron chi connectivity index (χ4n) is 5.29. The van der Waals surface area contributed by atoms with Crippen molar-refractivity contribution in [2.75, 3.05) is 16.5 Å². The second-order valence-corrected chi connectivity index (χ2v) is 10.4. The third-order valence-corrected chi connectivity index (χ3v) is 7.53. The van der Waals surface area contributed by atoms with Gasteiger partial charge in [0.25, 0.3) is 0 Å². The summed E-state index contributed by atoms with van der Waals surface area (Å²) in [6, 6.07) is 59.0. The molecule has 0 aliphatic carbocycles. The predicted molar refractivity (Wildman–Crippen MR) is 188 cm³/mol. The minimum Gasteiger partial charge on any atom is -0.342 e. The standard InChI is InChI=1S/C41H35N3/c1-2-43(37-27-23-33(24-28-37)31-41(35-15-7-3-8-16-35)36-17-9-4-10-18-36)38-29-25-34(26-30-38)32-42-44(39-19-11-5-12-20-39)40-21-13-6-14-22-40/h3-32H,2H2,1H3. The Kier molecular flexibility index (Phi) is 9.05. The number of rotatable bonds is 10. The Hall–Kier alpha value is -5.67. The molecule has 6 rings (SSSR count). The van der Waals surface area contributed by atoms with E-state index >= 15 is 0 Å². The Balaban J connectivity index is 1.22. The number of anilines is 4. The van der Waals surface area contributed by atoms with E-state index in [1.54, 1.807) is 0 Å². The van der Waals surface area contributed by atoms with Gasteiger partial charge in [-0.3, -0.25) is 0 Å². The van der Waals surface area contributed by atoms with Gasteiger partial charge in [0.2, 0.25) is 0 Å². The molecule has 0 saturated carbocycles. The van der Waals surface area contributed by atoms with Crippen molar-refractivity contribution >= 4 is 40.6 Å². The van der Waals surface area contributed by atoms with Crippen LogP contribution in [0.5, 0.6) is 0 Å². The van der Waals surface area contributed by atoms with E-state index in [4.69, 9.17) is 5.10 Å². The average molecular weight is 570 g/mol. The molecule has 0 heterocycles. The van der Waals surface area contributed by atoms with Crippen LogP contribution in [0.3, 0.4) is 0 Å². The van der Waals surface area contributed by atoms with Gasteiger partial charge in [0.15, 0.2) is 0 Å². The van der Waals surface area contributed by atoms with Crippen molar-refractivity contribution in [1.29, 1.82) is 0 Å². The van der Waals surface area contributed by atoms with Crippen LogP contribution in [-0.4, -0.2) is 12.8 Å². The summed E-state index contributed by atoms with van der Waals surface area (Å²) in [5.41, 5.74) is 10.2. The molecule has 6 aromatic carbocycles. The fraction of sp³-hybridized carbons (Fsp3) is 0.0488. The van der Waals surface area contributed by atoms with Gasteiger partial charge in [0.1, 0.15) is 0 Å². The molecule has 0 N–H and O–H groups in total. The zero-order valence-electron chi connectivity index (χ0n) is 24.9. The highest BCUT2D eigenvalue weighted by atomic mass is 15.5. The summed E-state index contributed by atoms with van der Waals surface area (Å²) in [6.07, 6.45) is 4.19. The third kappa shape index (κ3) is 6.86. The Morgan fingerprint density at radius 2 is 0.886 bits per heavy atom. The number of hydrogen-bond donors (Lipinski definition) is 0.